The first-order valence-electron chi connectivity index (χ1n) is 8.73. The quantitative estimate of drug-likeness (QED) is 0.858. The molecule has 0 radical (unpaired) electrons. The van der Waals surface area contributed by atoms with Crippen LogP contribution in [0.3, 0.4) is 0 Å². The minimum absolute atomic E-state index is 0.0120. The van der Waals surface area contributed by atoms with Gasteiger partial charge in [0.1, 0.15) is 12.4 Å². The predicted molar refractivity (Wildman–Crippen MR) is 103 cm³/mol. The number of amides is 2. The van der Waals surface area contributed by atoms with Crippen LogP contribution in [0.15, 0.2) is 41.0 Å². The average Bonchev–Trinajstić information content (AvgIpc) is 3.27. The van der Waals surface area contributed by atoms with Gasteiger partial charge in [0.05, 0.1) is 18.4 Å². The zero-order valence-corrected chi connectivity index (χ0v) is 15.8. The number of nitrogens with zero attached hydrogens (tertiary/aromatic N) is 4. The van der Waals surface area contributed by atoms with Crippen LogP contribution < -0.4 is 5.32 Å². The Labute approximate surface area is 165 Å². The highest BCUT2D eigenvalue weighted by molar-refractivity contribution is 6.30. The third-order valence-electron chi connectivity index (χ3n) is 4.59. The lowest BCUT2D eigenvalue weighted by Gasteiger charge is -2.18. The Morgan fingerprint density at radius 3 is 2.82 bits per heavy atom. The number of benzene rings is 1. The van der Waals surface area contributed by atoms with E-state index in [0.29, 0.717) is 17.7 Å². The molecule has 0 bridgehead atoms. The van der Waals surface area contributed by atoms with Gasteiger partial charge in [0.15, 0.2) is 5.69 Å². The van der Waals surface area contributed by atoms with Gasteiger partial charge in [0, 0.05) is 28.9 Å². The van der Waals surface area contributed by atoms with Crippen LogP contribution in [0.2, 0.25) is 5.02 Å². The largest absolute Gasteiger partial charge is 0.337 e. The van der Waals surface area contributed by atoms with Crippen molar-refractivity contribution in [2.75, 3.05) is 13.2 Å². The maximum atomic E-state index is 13.9. The zero-order valence-electron chi connectivity index (χ0n) is 15.0. The van der Waals surface area contributed by atoms with Gasteiger partial charge in [-0.3, -0.25) is 19.3 Å². The first-order chi connectivity index (χ1) is 13.4. The van der Waals surface area contributed by atoms with Gasteiger partial charge in [-0.25, -0.2) is 4.39 Å². The number of carbonyl (C=O) groups is 2. The summed E-state index contributed by atoms with van der Waals surface area (Å²) >= 11 is 6.03. The smallest absolute Gasteiger partial charge is 0.276 e. The molecule has 2 aliphatic heterocycles. The van der Waals surface area contributed by atoms with Crippen LogP contribution in [0.25, 0.3) is 11.3 Å². The summed E-state index contributed by atoms with van der Waals surface area (Å²) < 4.78 is 15.6. The second-order valence-electron chi connectivity index (χ2n) is 6.70. The lowest BCUT2D eigenvalue weighted by atomic mass is 10.1. The van der Waals surface area contributed by atoms with Crippen molar-refractivity contribution in [2.45, 2.75) is 19.4 Å². The van der Waals surface area contributed by atoms with Gasteiger partial charge in [-0.05, 0) is 37.3 Å². The summed E-state index contributed by atoms with van der Waals surface area (Å²) in [5.74, 6) is -1.06. The number of hydrogen-bond acceptors (Lipinski definition) is 4. The van der Waals surface area contributed by atoms with Crippen LogP contribution in [0.1, 0.15) is 29.9 Å². The molecule has 2 amide bonds. The Kier molecular flexibility index (Phi) is 4.72. The molecule has 1 aromatic carbocycles. The highest BCUT2D eigenvalue weighted by Gasteiger charge is 2.28. The molecule has 9 heteroatoms. The highest BCUT2D eigenvalue weighted by Crippen LogP contribution is 2.30. The van der Waals surface area contributed by atoms with Crippen molar-refractivity contribution in [2.24, 2.45) is 4.99 Å². The summed E-state index contributed by atoms with van der Waals surface area (Å²) in [6.07, 6.45) is 4.31. The molecular weight excluding hydrogens is 385 g/mol. The molecule has 1 unspecified atom stereocenters. The Hall–Kier alpha value is -3.00. The van der Waals surface area contributed by atoms with E-state index in [-0.39, 0.29) is 41.8 Å². The SMILES string of the molecule is CC1=CC(n2nc(C(=O)N3CNC(=O)C3)cc2-c2cc(F)cc(Cl)c2)CC=N1. The third kappa shape index (κ3) is 3.55. The van der Waals surface area contributed by atoms with E-state index in [1.54, 1.807) is 23.0 Å². The van der Waals surface area contributed by atoms with Crippen molar-refractivity contribution in [1.29, 1.82) is 0 Å². The minimum atomic E-state index is -0.477. The van der Waals surface area contributed by atoms with Crippen LogP contribution in [-0.2, 0) is 4.79 Å². The number of aromatic nitrogens is 2. The van der Waals surface area contributed by atoms with Crippen molar-refractivity contribution in [3.8, 4) is 11.3 Å². The third-order valence-corrected chi connectivity index (χ3v) is 4.81. The number of hydrogen-bond donors (Lipinski definition) is 1. The summed E-state index contributed by atoms with van der Waals surface area (Å²) in [6.45, 7) is 2.00. The summed E-state index contributed by atoms with van der Waals surface area (Å²) in [5, 5.41) is 7.34. The number of allylic oxidation sites excluding steroid dienone is 2. The maximum Gasteiger partial charge on any atom is 0.276 e. The van der Waals surface area contributed by atoms with E-state index in [2.05, 4.69) is 15.4 Å². The number of nitrogens with one attached hydrogen (secondary N) is 1. The van der Waals surface area contributed by atoms with E-state index in [9.17, 15) is 14.0 Å². The van der Waals surface area contributed by atoms with Gasteiger partial charge in [-0.1, -0.05) is 11.6 Å². The molecule has 0 spiro atoms. The van der Waals surface area contributed by atoms with Crippen molar-refractivity contribution in [3.63, 3.8) is 0 Å². The van der Waals surface area contributed by atoms with Crippen LogP contribution in [-0.4, -0.2) is 45.9 Å². The van der Waals surface area contributed by atoms with E-state index in [1.807, 2.05) is 13.0 Å². The lowest BCUT2D eigenvalue weighted by molar-refractivity contribution is -0.118. The van der Waals surface area contributed by atoms with Crippen molar-refractivity contribution >= 4 is 29.6 Å². The first-order valence-corrected chi connectivity index (χ1v) is 9.11. The Bertz CT molecular complexity index is 1010. The Morgan fingerprint density at radius 2 is 2.14 bits per heavy atom. The van der Waals surface area contributed by atoms with Crippen LogP contribution in [0.4, 0.5) is 4.39 Å². The van der Waals surface area contributed by atoms with E-state index < -0.39 is 5.82 Å². The van der Waals surface area contributed by atoms with E-state index >= 15 is 0 Å². The molecule has 4 rings (SSSR count). The van der Waals surface area contributed by atoms with Gasteiger partial charge in [-0.15, -0.1) is 0 Å². The summed E-state index contributed by atoms with van der Waals surface area (Å²) in [5.41, 5.74) is 2.09. The molecule has 2 aromatic rings. The molecule has 0 aliphatic carbocycles. The van der Waals surface area contributed by atoms with Gasteiger partial charge >= 0.3 is 0 Å². The fraction of sp³-hybridized carbons (Fsp3) is 0.263. The van der Waals surface area contributed by atoms with Crippen LogP contribution in [0, 0.1) is 5.82 Å². The second-order valence-corrected chi connectivity index (χ2v) is 7.14. The minimum Gasteiger partial charge on any atom is -0.337 e. The molecule has 7 nitrogen and oxygen atoms in total. The molecule has 1 atom stereocenters. The first kappa shape index (κ1) is 18.4. The molecule has 3 heterocycles. The summed E-state index contributed by atoms with van der Waals surface area (Å²) in [7, 11) is 0. The van der Waals surface area contributed by atoms with Crippen molar-refractivity contribution in [1.82, 2.24) is 20.0 Å². The average molecular weight is 402 g/mol. The number of aliphatic imine (C=N–C) groups is 1. The van der Waals surface area contributed by atoms with Gasteiger partial charge in [-0.2, -0.15) is 5.10 Å². The number of carbonyl (C=O) groups excluding carboxylic acids is 2. The van der Waals surface area contributed by atoms with Gasteiger partial charge < -0.3 is 10.2 Å². The van der Waals surface area contributed by atoms with E-state index in [1.165, 1.54) is 17.0 Å². The number of halogens is 2. The summed E-state index contributed by atoms with van der Waals surface area (Å²) in [4.78, 5) is 29.8. The lowest BCUT2D eigenvalue weighted by Crippen LogP contribution is -2.30. The number of rotatable bonds is 3. The maximum absolute atomic E-state index is 13.9. The topological polar surface area (TPSA) is 79.6 Å². The molecule has 1 saturated heterocycles. The molecule has 0 saturated carbocycles. The molecule has 1 N–H and O–H groups in total. The monoisotopic (exact) mass is 401 g/mol. The van der Waals surface area contributed by atoms with E-state index in [4.69, 9.17) is 11.6 Å². The normalized spacial score (nSPS) is 19.0. The van der Waals surface area contributed by atoms with Gasteiger partial charge in [0.2, 0.25) is 5.91 Å². The fourth-order valence-corrected chi connectivity index (χ4v) is 3.53. The fourth-order valence-electron chi connectivity index (χ4n) is 3.31. The van der Waals surface area contributed by atoms with Crippen LogP contribution in [0.5, 0.6) is 0 Å². The molecule has 28 heavy (non-hydrogen) atoms. The van der Waals surface area contributed by atoms with E-state index in [0.717, 1.165) is 5.70 Å². The Morgan fingerprint density at radius 1 is 1.32 bits per heavy atom. The molecule has 1 fully saturated rings. The standard InChI is InChI=1S/C19H17ClFN5O2/c1-11-4-15(2-3-22-11)26-17(12-5-13(20)7-14(21)6-12)8-16(24-26)19(28)25-9-18(27)23-10-25/h3-8,15H,2,9-10H2,1H3,(H,23,27). The van der Waals surface area contributed by atoms with Crippen molar-refractivity contribution < 1.29 is 14.0 Å². The zero-order chi connectivity index (χ0) is 19.8. The molecule has 2 aliphatic rings. The second kappa shape index (κ2) is 7.20. The molecule has 144 valence electrons. The van der Waals surface area contributed by atoms with Crippen molar-refractivity contribution in [3.05, 3.63) is 52.6 Å². The molecular formula is C19H17ClFN5O2. The van der Waals surface area contributed by atoms with Gasteiger partial charge in [0.25, 0.3) is 5.91 Å². The summed E-state index contributed by atoms with van der Waals surface area (Å²) in [6, 6.07) is 5.62. The van der Waals surface area contributed by atoms with Crippen LogP contribution >= 0.6 is 11.6 Å². The predicted octanol–water partition coefficient (Wildman–Crippen LogP) is 2.79. The molecule has 1 aromatic heterocycles. The highest BCUT2D eigenvalue weighted by atomic mass is 35.5. The Balaban J connectivity index is 1.79.